The Bertz CT molecular complexity index is 597. The molecule has 0 unspecified atom stereocenters. The van der Waals surface area contributed by atoms with Gasteiger partial charge in [0.15, 0.2) is 0 Å². The number of carbonyl (C=O) groups excluding carboxylic acids is 2. The first-order valence-corrected chi connectivity index (χ1v) is 10.1. The average Bonchev–Trinajstić information content (AvgIpc) is 2.68. The molecule has 0 saturated carbocycles. The van der Waals surface area contributed by atoms with Crippen LogP contribution in [-0.2, 0) is 9.59 Å². The first-order chi connectivity index (χ1) is 13.0. The molecule has 1 aliphatic heterocycles. The van der Waals surface area contributed by atoms with Gasteiger partial charge in [0.1, 0.15) is 5.75 Å². The molecule has 1 fully saturated rings. The van der Waals surface area contributed by atoms with Crippen LogP contribution in [0.3, 0.4) is 0 Å². The van der Waals surface area contributed by atoms with Gasteiger partial charge in [-0.3, -0.25) is 14.5 Å². The van der Waals surface area contributed by atoms with Gasteiger partial charge < -0.3 is 14.5 Å². The lowest BCUT2D eigenvalue weighted by Crippen LogP contribution is -2.51. The van der Waals surface area contributed by atoms with E-state index in [1.807, 2.05) is 35.8 Å². The Balaban J connectivity index is 1.63. The minimum absolute atomic E-state index is 0.157. The largest absolute Gasteiger partial charge is 0.494 e. The standard InChI is InChI=1S/C20H30ClN3O3/c1-3-23(4-2)20(26)16-22-11-13-24(14-12-22)19(25)6-5-15-27-18-9-7-17(21)8-10-18/h7-10H,3-6,11-16H2,1-2H3. The van der Waals surface area contributed by atoms with E-state index < -0.39 is 0 Å². The summed E-state index contributed by atoms with van der Waals surface area (Å²) in [6.45, 7) is 9.29. The molecule has 27 heavy (non-hydrogen) atoms. The highest BCUT2D eigenvalue weighted by Gasteiger charge is 2.23. The number of piperazine rings is 1. The molecule has 1 heterocycles. The Labute approximate surface area is 167 Å². The summed E-state index contributed by atoms with van der Waals surface area (Å²) in [5.74, 6) is 1.09. The van der Waals surface area contributed by atoms with Crippen molar-refractivity contribution in [1.82, 2.24) is 14.7 Å². The van der Waals surface area contributed by atoms with Crippen LogP contribution in [0.15, 0.2) is 24.3 Å². The number of amides is 2. The Kier molecular flexibility index (Phi) is 8.88. The number of benzene rings is 1. The van der Waals surface area contributed by atoms with Crippen molar-refractivity contribution >= 4 is 23.4 Å². The second-order valence-electron chi connectivity index (χ2n) is 6.63. The minimum Gasteiger partial charge on any atom is -0.494 e. The van der Waals surface area contributed by atoms with Crippen LogP contribution in [0, 0.1) is 0 Å². The number of rotatable bonds is 9. The summed E-state index contributed by atoms with van der Waals surface area (Å²) in [4.78, 5) is 30.4. The maximum Gasteiger partial charge on any atom is 0.236 e. The molecule has 0 atom stereocenters. The van der Waals surface area contributed by atoms with Crippen LogP contribution in [-0.4, -0.2) is 78.9 Å². The van der Waals surface area contributed by atoms with Crippen LogP contribution >= 0.6 is 11.6 Å². The van der Waals surface area contributed by atoms with Crippen molar-refractivity contribution in [3.05, 3.63) is 29.3 Å². The molecule has 1 aromatic rings. The third-order valence-electron chi connectivity index (χ3n) is 4.82. The van der Waals surface area contributed by atoms with Crippen LogP contribution < -0.4 is 4.74 Å². The SMILES string of the molecule is CCN(CC)C(=O)CN1CCN(C(=O)CCCOc2ccc(Cl)cc2)CC1. The molecule has 0 spiro atoms. The summed E-state index contributed by atoms with van der Waals surface area (Å²) in [5.41, 5.74) is 0. The molecular formula is C20H30ClN3O3. The van der Waals surface area contributed by atoms with Crippen LogP contribution in [0.4, 0.5) is 0 Å². The summed E-state index contributed by atoms with van der Waals surface area (Å²) in [6.07, 6.45) is 1.16. The fourth-order valence-electron chi connectivity index (χ4n) is 3.13. The highest BCUT2D eigenvalue weighted by Crippen LogP contribution is 2.16. The van der Waals surface area contributed by atoms with E-state index in [-0.39, 0.29) is 11.8 Å². The molecule has 1 aromatic carbocycles. The smallest absolute Gasteiger partial charge is 0.236 e. The molecule has 6 nitrogen and oxygen atoms in total. The highest BCUT2D eigenvalue weighted by molar-refractivity contribution is 6.30. The molecule has 0 radical (unpaired) electrons. The summed E-state index contributed by atoms with van der Waals surface area (Å²) in [5, 5.41) is 0.676. The zero-order valence-corrected chi connectivity index (χ0v) is 17.1. The molecule has 1 saturated heterocycles. The lowest BCUT2D eigenvalue weighted by Gasteiger charge is -2.35. The Morgan fingerprint density at radius 3 is 2.30 bits per heavy atom. The fraction of sp³-hybridized carbons (Fsp3) is 0.600. The lowest BCUT2D eigenvalue weighted by atomic mass is 10.2. The number of hydrogen-bond donors (Lipinski definition) is 0. The molecule has 0 aliphatic carbocycles. The number of ether oxygens (including phenoxy) is 1. The third-order valence-corrected chi connectivity index (χ3v) is 5.07. The van der Waals surface area contributed by atoms with E-state index in [2.05, 4.69) is 4.90 Å². The monoisotopic (exact) mass is 395 g/mol. The Morgan fingerprint density at radius 2 is 1.70 bits per heavy atom. The molecular weight excluding hydrogens is 366 g/mol. The predicted molar refractivity (Wildman–Crippen MR) is 107 cm³/mol. The van der Waals surface area contributed by atoms with Gasteiger partial charge in [-0.15, -0.1) is 0 Å². The van der Waals surface area contributed by atoms with Gasteiger partial charge in [0.05, 0.1) is 13.2 Å². The maximum absolute atomic E-state index is 12.3. The van der Waals surface area contributed by atoms with Gasteiger partial charge in [-0.1, -0.05) is 11.6 Å². The number of likely N-dealkylation sites (N-methyl/N-ethyl adjacent to an activating group) is 1. The summed E-state index contributed by atoms with van der Waals surface area (Å²) < 4.78 is 5.62. The van der Waals surface area contributed by atoms with E-state index in [9.17, 15) is 9.59 Å². The van der Waals surface area contributed by atoms with Crippen molar-refractivity contribution in [3.8, 4) is 5.75 Å². The van der Waals surface area contributed by atoms with E-state index >= 15 is 0 Å². The minimum atomic E-state index is 0.157. The summed E-state index contributed by atoms with van der Waals surface area (Å²) >= 11 is 5.84. The van der Waals surface area contributed by atoms with Crippen molar-refractivity contribution in [2.75, 3.05) is 52.4 Å². The predicted octanol–water partition coefficient (Wildman–Crippen LogP) is 2.51. The molecule has 7 heteroatoms. The molecule has 1 aliphatic rings. The van der Waals surface area contributed by atoms with E-state index in [1.54, 1.807) is 12.1 Å². The zero-order valence-electron chi connectivity index (χ0n) is 16.3. The Morgan fingerprint density at radius 1 is 1.07 bits per heavy atom. The first kappa shape index (κ1) is 21.5. The average molecular weight is 396 g/mol. The van der Waals surface area contributed by atoms with Gasteiger partial charge in [0.2, 0.25) is 11.8 Å². The number of hydrogen-bond acceptors (Lipinski definition) is 4. The molecule has 0 N–H and O–H groups in total. The van der Waals surface area contributed by atoms with Gasteiger partial charge in [0.25, 0.3) is 0 Å². The third kappa shape index (κ3) is 7.03. The molecule has 0 bridgehead atoms. The van der Waals surface area contributed by atoms with Crippen molar-refractivity contribution < 1.29 is 14.3 Å². The van der Waals surface area contributed by atoms with Gasteiger partial charge in [0, 0.05) is 50.7 Å². The van der Waals surface area contributed by atoms with Gasteiger partial charge >= 0.3 is 0 Å². The molecule has 2 amide bonds. The zero-order chi connectivity index (χ0) is 19.6. The quantitative estimate of drug-likeness (QED) is 0.603. The summed E-state index contributed by atoms with van der Waals surface area (Å²) in [7, 11) is 0. The molecule has 150 valence electrons. The van der Waals surface area contributed by atoms with Crippen LogP contribution in [0.2, 0.25) is 5.02 Å². The maximum atomic E-state index is 12.3. The van der Waals surface area contributed by atoms with E-state index in [1.165, 1.54) is 0 Å². The van der Waals surface area contributed by atoms with Gasteiger partial charge in [-0.2, -0.15) is 0 Å². The van der Waals surface area contributed by atoms with Crippen molar-refractivity contribution in [3.63, 3.8) is 0 Å². The number of halogens is 1. The number of carbonyl (C=O) groups is 2. The normalized spacial score (nSPS) is 14.9. The first-order valence-electron chi connectivity index (χ1n) is 9.69. The summed E-state index contributed by atoms with van der Waals surface area (Å²) in [6, 6.07) is 7.21. The highest BCUT2D eigenvalue weighted by atomic mass is 35.5. The molecule has 0 aromatic heterocycles. The van der Waals surface area contributed by atoms with Crippen LogP contribution in [0.1, 0.15) is 26.7 Å². The fourth-order valence-corrected chi connectivity index (χ4v) is 3.25. The molecule has 2 rings (SSSR count). The van der Waals surface area contributed by atoms with E-state index in [4.69, 9.17) is 16.3 Å². The van der Waals surface area contributed by atoms with Crippen molar-refractivity contribution in [2.45, 2.75) is 26.7 Å². The van der Waals surface area contributed by atoms with Crippen LogP contribution in [0.25, 0.3) is 0 Å². The second-order valence-corrected chi connectivity index (χ2v) is 7.07. The van der Waals surface area contributed by atoms with E-state index in [0.717, 1.165) is 31.9 Å². The lowest BCUT2D eigenvalue weighted by molar-refractivity contribution is -0.135. The Hall–Kier alpha value is -1.79. The number of nitrogens with zero attached hydrogens (tertiary/aromatic N) is 3. The second kappa shape index (κ2) is 11.1. The van der Waals surface area contributed by atoms with Gasteiger partial charge in [-0.05, 0) is 44.5 Å². The topological polar surface area (TPSA) is 53.1 Å². The van der Waals surface area contributed by atoms with Crippen molar-refractivity contribution in [2.24, 2.45) is 0 Å². The van der Waals surface area contributed by atoms with Crippen LogP contribution in [0.5, 0.6) is 5.75 Å². The van der Waals surface area contributed by atoms with Crippen molar-refractivity contribution in [1.29, 1.82) is 0 Å². The van der Waals surface area contributed by atoms with Gasteiger partial charge in [-0.25, -0.2) is 0 Å². The van der Waals surface area contributed by atoms with E-state index in [0.29, 0.717) is 44.1 Å².